The molecular weight excluding hydrogens is 311 g/mol. The highest BCUT2D eigenvalue weighted by atomic mass is 32.2. The summed E-state index contributed by atoms with van der Waals surface area (Å²) in [7, 11) is 1.84. The number of phenolic OH excluding ortho intramolecular Hbond substituents is 1. The van der Waals surface area contributed by atoms with E-state index in [1.807, 2.05) is 11.9 Å². The molecule has 3 rings (SSSR count). The molecule has 2 atom stereocenters. The van der Waals surface area contributed by atoms with Crippen LogP contribution in [0.15, 0.2) is 12.1 Å². The summed E-state index contributed by atoms with van der Waals surface area (Å²) < 4.78 is 29.3. The Morgan fingerprint density at radius 2 is 2.27 bits per heavy atom. The predicted molar refractivity (Wildman–Crippen MR) is 81.4 cm³/mol. The maximum absolute atomic E-state index is 14.4. The Kier molecular flexibility index (Phi) is 3.92. The number of phenols is 1. The van der Waals surface area contributed by atoms with Crippen LogP contribution >= 0.6 is 0 Å². The van der Waals surface area contributed by atoms with E-state index in [1.165, 1.54) is 12.1 Å². The summed E-state index contributed by atoms with van der Waals surface area (Å²) in [6.07, 6.45) is 0.940. The average Bonchev–Trinajstić information content (AvgIpc) is 3.07. The van der Waals surface area contributed by atoms with E-state index in [0.717, 1.165) is 23.8 Å². The van der Waals surface area contributed by atoms with Crippen molar-refractivity contribution in [1.29, 1.82) is 0 Å². The minimum absolute atomic E-state index is 0.224. The first-order valence-corrected chi connectivity index (χ1v) is 8.03. The summed E-state index contributed by atoms with van der Waals surface area (Å²) in [5, 5.41) is 13.4. The van der Waals surface area contributed by atoms with Crippen LogP contribution in [0.25, 0.3) is 0 Å². The number of benzene rings is 1. The van der Waals surface area contributed by atoms with Crippen LogP contribution < -0.4 is 19.2 Å². The van der Waals surface area contributed by atoms with Gasteiger partial charge < -0.3 is 15.3 Å². The van der Waals surface area contributed by atoms with E-state index >= 15 is 0 Å². The number of aromatic hydroxyl groups is 1. The third-order valence-corrected chi connectivity index (χ3v) is 5.07. The number of halogens is 1. The SMILES string of the molecule is CN(c1cc(O)c(N2CC(=O)NS2=O)c(F)c1)C1CCNC1. The number of nitrogens with one attached hydrogen (secondary N) is 2. The molecule has 0 radical (unpaired) electrons. The minimum atomic E-state index is -1.87. The Labute approximate surface area is 129 Å². The van der Waals surface area contributed by atoms with Crippen molar-refractivity contribution in [1.82, 2.24) is 10.0 Å². The normalized spacial score (nSPS) is 24.6. The van der Waals surface area contributed by atoms with Crippen molar-refractivity contribution >= 4 is 28.5 Å². The summed E-state index contributed by atoms with van der Waals surface area (Å²) in [4.78, 5) is 13.1. The predicted octanol–water partition coefficient (Wildman–Crippen LogP) is -0.156. The maximum Gasteiger partial charge on any atom is 0.253 e. The van der Waals surface area contributed by atoms with E-state index in [1.54, 1.807) is 0 Å². The first-order chi connectivity index (χ1) is 10.5. The molecule has 22 heavy (non-hydrogen) atoms. The van der Waals surface area contributed by atoms with Crippen molar-refractivity contribution < 1.29 is 18.5 Å². The van der Waals surface area contributed by atoms with Crippen molar-refractivity contribution in [2.75, 3.05) is 35.9 Å². The fraction of sp³-hybridized carbons (Fsp3) is 0.462. The van der Waals surface area contributed by atoms with Crippen LogP contribution in [0.4, 0.5) is 15.8 Å². The maximum atomic E-state index is 14.4. The Bertz CT molecular complexity index is 613. The zero-order valence-corrected chi connectivity index (χ0v) is 12.8. The second-order valence-corrected chi connectivity index (χ2v) is 6.51. The van der Waals surface area contributed by atoms with E-state index in [4.69, 9.17) is 0 Å². The molecule has 3 N–H and O–H groups in total. The molecule has 1 aromatic carbocycles. The first kappa shape index (κ1) is 15.0. The molecule has 2 heterocycles. The van der Waals surface area contributed by atoms with Crippen LogP contribution in [0, 0.1) is 5.82 Å². The molecule has 1 amide bonds. The molecule has 1 aromatic rings. The summed E-state index contributed by atoms with van der Waals surface area (Å²) in [5.74, 6) is -1.52. The number of likely N-dealkylation sites (N-methyl/N-ethyl adjacent to an activating group) is 1. The third kappa shape index (κ3) is 2.61. The van der Waals surface area contributed by atoms with Crippen molar-refractivity contribution in [3.63, 3.8) is 0 Å². The molecule has 2 saturated heterocycles. The van der Waals surface area contributed by atoms with Gasteiger partial charge in [-0.15, -0.1) is 0 Å². The smallest absolute Gasteiger partial charge is 0.253 e. The van der Waals surface area contributed by atoms with Gasteiger partial charge in [0.2, 0.25) is 11.2 Å². The van der Waals surface area contributed by atoms with Gasteiger partial charge in [-0.25, -0.2) is 8.60 Å². The van der Waals surface area contributed by atoms with Gasteiger partial charge in [0, 0.05) is 31.4 Å². The number of amides is 1. The number of anilines is 2. The lowest BCUT2D eigenvalue weighted by Gasteiger charge is -2.27. The van der Waals surface area contributed by atoms with Gasteiger partial charge >= 0.3 is 0 Å². The van der Waals surface area contributed by atoms with E-state index < -0.39 is 22.9 Å². The first-order valence-electron chi connectivity index (χ1n) is 6.92. The monoisotopic (exact) mass is 328 g/mol. The Morgan fingerprint density at radius 3 is 2.82 bits per heavy atom. The molecule has 0 aliphatic carbocycles. The molecule has 0 bridgehead atoms. The second kappa shape index (κ2) is 5.73. The topological polar surface area (TPSA) is 84.9 Å². The van der Waals surface area contributed by atoms with Crippen molar-refractivity contribution in [2.45, 2.75) is 12.5 Å². The van der Waals surface area contributed by atoms with Crippen molar-refractivity contribution in [2.24, 2.45) is 0 Å². The van der Waals surface area contributed by atoms with Crippen LogP contribution in [-0.2, 0) is 16.0 Å². The molecule has 2 aliphatic rings. The van der Waals surface area contributed by atoms with E-state index in [0.29, 0.717) is 5.69 Å². The molecule has 0 saturated carbocycles. The van der Waals surface area contributed by atoms with Gasteiger partial charge in [0.05, 0.1) is 0 Å². The quantitative estimate of drug-likeness (QED) is 0.718. The van der Waals surface area contributed by atoms with E-state index in [2.05, 4.69) is 10.0 Å². The molecule has 0 aromatic heterocycles. The number of hydrogen-bond acceptors (Lipinski definition) is 5. The van der Waals surface area contributed by atoms with Crippen molar-refractivity contribution in [3.8, 4) is 5.75 Å². The molecule has 7 nitrogen and oxygen atoms in total. The number of carbonyl (C=O) groups excluding carboxylic acids is 1. The number of rotatable bonds is 3. The number of carbonyl (C=O) groups is 1. The van der Waals surface area contributed by atoms with Gasteiger partial charge in [-0.3, -0.25) is 13.8 Å². The molecular formula is C13H17FN4O3S. The van der Waals surface area contributed by atoms with Gasteiger partial charge in [-0.1, -0.05) is 0 Å². The highest BCUT2D eigenvalue weighted by molar-refractivity contribution is 7.85. The van der Waals surface area contributed by atoms with Gasteiger partial charge in [0.1, 0.15) is 18.0 Å². The lowest BCUT2D eigenvalue weighted by atomic mass is 10.1. The largest absolute Gasteiger partial charge is 0.506 e. The van der Waals surface area contributed by atoms with Crippen LogP contribution in [-0.4, -0.2) is 47.9 Å². The molecule has 2 unspecified atom stereocenters. The lowest BCUT2D eigenvalue weighted by molar-refractivity contribution is -0.117. The Hall–Kier alpha value is -1.87. The summed E-state index contributed by atoms with van der Waals surface area (Å²) in [6, 6.07) is 2.94. The van der Waals surface area contributed by atoms with E-state index in [-0.39, 0.29) is 24.0 Å². The molecule has 2 fully saturated rings. The molecule has 120 valence electrons. The zero-order valence-electron chi connectivity index (χ0n) is 12.0. The van der Waals surface area contributed by atoms with E-state index in [9.17, 15) is 18.5 Å². The van der Waals surface area contributed by atoms with Crippen LogP contribution in [0.3, 0.4) is 0 Å². The van der Waals surface area contributed by atoms with Crippen LogP contribution in [0.2, 0.25) is 0 Å². The summed E-state index contributed by atoms with van der Waals surface area (Å²) >= 11 is -1.87. The van der Waals surface area contributed by atoms with Gasteiger partial charge in [0.15, 0.2) is 5.82 Å². The fourth-order valence-electron chi connectivity index (χ4n) is 2.74. The second-order valence-electron chi connectivity index (χ2n) is 5.36. The lowest BCUT2D eigenvalue weighted by Crippen LogP contribution is -2.33. The summed E-state index contributed by atoms with van der Waals surface area (Å²) in [6.45, 7) is 1.45. The van der Waals surface area contributed by atoms with Crippen LogP contribution in [0.5, 0.6) is 5.75 Å². The van der Waals surface area contributed by atoms with Gasteiger partial charge in [-0.2, -0.15) is 0 Å². The molecule has 2 aliphatic heterocycles. The zero-order chi connectivity index (χ0) is 15.9. The highest BCUT2D eigenvalue weighted by Gasteiger charge is 2.32. The number of hydrogen-bond donors (Lipinski definition) is 3. The standard InChI is InChI=1S/C13H17FN4O3S/c1-17(8-2-3-15-6-8)9-4-10(14)13(11(19)5-9)18-7-12(20)16-22(18)21/h4-5,8,15,19H,2-3,6-7H2,1H3,(H,16,20). The average molecular weight is 328 g/mol. The van der Waals surface area contributed by atoms with Gasteiger partial charge in [0.25, 0.3) is 5.91 Å². The van der Waals surface area contributed by atoms with Crippen molar-refractivity contribution in [3.05, 3.63) is 17.9 Å². The molecule has 0 spiro atoms. The highest BCUT2D eigenvalue weighted by Crippen LogP contribution is 2.36. The van der Waals surface area contributed by atoms with Crippen LogP contribution in [0.1, 0.15) is 6.42 Å². The van der Waals surface area contributed by atoms with Gasteiger partial charge in [-0.05, 0) is 19.0 Å². The Morgan fingerprint density at radius 1 is 1.50 bits per heavy atom. The number of nitrogens with zero attached hydrogens (tertiary/aromatic N) is 2. The fourth-order valence-corrected chi connectivity index (χ4v) is 3.69. The minimum Gasteiger partial charge on any atom is -0.506 e. The third-order valence-electron chi connectivity index (χ3n) is 3.96. The summed E-state index contributed by atoms with van der Waals surface area (Å²) in [5.41, 5.74) is 0.315. The molecule has 9 heteroatoms. The Balaban J connectivity index is 1.91.